The molecule has 1 atom stereocenters. The number of fused-ring (bicyclic) bond motifs is 2. The fraction of sp³-hybridized carbons (Fsp3) is 0.471. The van der Waals surface area contributed by atoms with Crippen LogP contribution in [0.3, 0.4) is 0 Å². The Bertz CT molecular complexity index is 554. The molecule has 0 radical (unpaired) electrons. The van der Waals surface area contributed by atoms with Crippen molar-refractivity contribution >= 4 is 5.97 Å². The van der Waals surface area contributed by atoms with Crippen LogP contribution >= 0.6 is 0 Å². The maximum Gasteiger partial charge on any atom is 0.333 e. The van der Waals surface area contributed by atoms with Crippen LogP contribution in [-0.2, 0) is 21.4 Å². The average Bonchev–Trinajstić information content (AvgIpc) is 2.55. The molecule has 1 aromatic carbocycles. The lowest BCUT2D eigenvalue weighted by molar-refractivity contribution is -0.164. The van der Waals surface area contributed by atoms with Crippen LogP contribution in [0.4, 0.5) is 0 Å². The highest BCUT2D eigenvalue weighted by Gasteiger charge is 2.60. The molecule has 0 aliphatic heterocycles. The van der Waals surface area contributed by atoms with Crippen molar-refractivity contribution < 1.29 is 9.53 Å². The fourth-order valence-electron chi connectivity index (χ4n) is 3.71. The summed E-state index contributed by atoms with van der Waals surface area (Å²) in [4.78, 5) is 12.0. The Labute approximate surface area is 114 Å². The first-order valence-corrected chi connectivity index (χ1v) is 6.96. The van der Waals surface area contributed by atoms with Crippen LogP contribution in [0.2, 0.25) is 0 Å². The minimum atomic E-state index is -0.412. The Balaban J connectivity index is 2.00. The molecular formula is C17H20O2. The minimum Gasteiger partial charge on any atom is -0.455 e. The van der Waals surface area contributed by atoms with Crippen LogP contribution in [0.15, 0.2) is 36.4 Å². The zero-order valence-electron chi connectivity index (χ0n) is 11.7. The van der Waals surface area contributed by atoms with Gasteiger partial charge in [-0.3, -0.25) is 0 Å². The molecule has 0 heterocycles. The summed E-state index contributed by atoms with van der Waals surface area (Å²) < 4.78 is 5.86. The van der Waals surface area contributed by atoms with E-state index in [2.05, 4.69) is 37.8 Å². The highest BCUT2D eigenvalue weighted by atomic mass is 16.6. The maximum absolute atomic E-state index is 12.0. The van der Waals surface area contributed by atoms with E-state index in [-0.39, 0.29) is 11.4 Å². The van der Waals surface area contributed by atoms with Crippen molar-refractivity contribution in [2.24, 2.45) is 0 Å². The lowest BCUT2D eigenvalue weighted by Crippen LogP contribution is -2.54. The first-order chi connectivity index (χ1) is 8.98. The Hall–Kier alpha value is -1.57. The van der Waals surface area contributed by atoms with Crippen molar-refractivity contribution in [2.45, 2.75) is 50.5 Å². The monoisotopic (exact) mass is 256 g/mol. The molecule has 0 bridgehead atoms. The number of carbonyl (C=O) groups is 1. The predicted molar refractivity (Wildman–Crippen MR) is 75.0 cm³/mol. The third-order valence-electron chi connectivity index (χ3n) is 4.95. The van der Waals surface area contributed by atoms with Gasteiger partial charge in [-0.05, 0) is 37.8 Å². The predicted octanol–water partition coefficient (Wildman–Crippen LogP) is 3.54. The number of ether oxygens (including phenoxy) is 1. The van der Waals surface area contributed by atoms with E-state index in [1.807, 2.05) is 0 Å². The highest BCUT2D eigenvalue weighted by Crippen LogP contribution is 2.59. The molecule has 1 aromatic rings. The maximum atomic E-state index is 12.0. The van der Waals surface area contributed by atoms with Crippen LogP contribution in [-0.4, -0.2) is 11.6 Å². The van der Waals surface area contributed by atoms with E-state index in [0.29, 0.717) is 5.57 Å². The second-order valence-corrected chi connectivity index (χ2v) is 6.17. The quantitative estimate of drug-likeness (QED) is 0.597. The topological polar surface area (TPSA) is 26.3 Å². The molecule has 100 valence electrons. The molecule has 0 aromatic heterocycles. The molecule has 0 saturated heterocycles. The molecule has 1 fully saturated rings. The molecule has 1 spiro atoms. The molecule has 0 N–H and O–H groups in total. The number of rotatable bonds is 2. The molecule has 2 heteroatoms. The molecule has 1 saturated carbocycles. The van der Waals surface area contributed by atoms with Crippen LogP contribution in [0.1, 0.15) is 44.2 Å². The van der Waals surface area contributed by atoms with Gasteiger partial charge in [-0.1, -0.05) is 37.3 Å². The van der Waals surface area contributed by atoms with Gasteiger partial charge in [-0.15, -0.1) is 0 Å². The van der Waals surface area contributed by atoms with Gasteiger partial charge in [-0.25, -0.2) is 4.79 Å². The Morgan fingerprint density at radius 1 is 1.32 bits per heavy atom. The Kier molecular flexibility index (Phi) is 2.60. The third-order valence-corrected chi connectivity index (χ3v) is 4.95. The fourth-order valence-corrected chi connectivity index (χ4v) is 3.71. The van der Waals surface area contributed by atoms with Gasteiger partial charge in [0.05, 0.1) is 0 Å². The molecule has 19 heavy (non-hydrogen) atoms. The first kappa shape index (κ1) is 12.5. The van der Waals surface area contributed by atoms with Crippen LogP contribution in [0.25, 0.3) is 0 Å². The summed E-state index contributed by atoms with van der Waals surface area (Å²) in [6.07, 6.45) is 4.27. The third kappa shape index (κ3) is 1.59. The van der Waals surface area contributed by atoms with Gasteiger partial charge >= 0.3 is 5.97 Å². The van der Waals surface area contributed by atoms with Crippen molar-refractivity contribution in [3.63, 3.8) is 0 Å². The molecule has 2 aliphatic carbocycles. The lowest BCUT2D eigenvalue weighted by Gasteiger charge is -2.50. The summed E-state index contributed by atoms with van der Waals surface area (Å²) >= 11 is 0. The van der Waals surface area contributed by atoms with Gasteiger partial charge in [0.1, 0.15) is 5.60 Å². The van der Waals surface area contributed by atoms with Gasteiger partial charge in [0.2, 0.25) is 0 Å². The van der Waals surface area contributed by atoms with Gasteiger partial charge < -0.3 is 4.74 Å². The number of carbonyl (C=O) groups excluding carboxylic acids is 1. The van der Waals surface area contributed by atoms with Gasteiger partial charge in [0.15, 0.2) is 0 Å². The SMILES string of the molecule is C=C(C)C(=O)OC1(C)Cc2ccccc2C12CCC2. The van der Waals surface area contributed by atoms with E-state index in [1.165, 1.54) is 17.5 Å². The number of esters is 1. The van der Waals surface area contributed by atoms with Gasteiger partial charge in [0, 0.05) is 17.4 Å². The van der Waals surface area contributed by atoms with Gasteiger partial charge in [0.25, 0.3) is 0 Å². The Morgan fingerprint density at radius 3 is 2.58 bits per heavy atom. The molecule has 3 rings (SSSR count). The number of hydrogen-bond donors (Lipinski definition) is 0. The summed E-state index contributed by atoms with van der Waals surface area (Å²) in [5.74, 6) is -0.262. The van der Waals surface area contributed by atoms with Crippen molar-refractivity contribution in [3.05, 3.63) is 47.5 Å². The summed E-state index contributed by atoms with van der Waals surface area (Å²) in [7, 11) is 0. The van der Waals surface area contributed by atoms with Crippen LogP contribution in [0, 0.1) is 0 Å². The number of benzene rings is 1. The second-order valence-electron chi connectivity index (χ2n) is 6.17. The summed E-state index contributed by atoms with van der Waals surface area (Å²) in [5.41, 5.74) is 2.82. The first-order valence-electron chi connectivity index (χ1n) is 6.96. The lowest BCUT2D eigenvalue weighted by atomic mass is 9.58. The van der Waals surface area contributed by atoms with E-state index in [0.717, 1.165) is 19.3 Å². The van der Waals surface area contributed by atoms with Crippen LogP contribution in [0.5, 0.6) is 0 Å². The van der Waals surface area contributed by atoms with E-state index < -0.39 is 5.60 Å². The largest absolute Gasteiger partial charge is 0.455 e. The van der Waals surface area contributed by atoms with E-state index in [4.69, 9.17) is 4.74 Å². The van der Waals surface area contributed by atoms with Crippen LogP contribution < -0.4 is 0 Å². The van der Waals surface area contributed by atoms with E-state index >= 15 is 0 Å². The summed E-state index contributed by atoms with van der Waals surface area (Å²) in [6.45, 7) is 7.49. The van der Waals surface area contributed by atoms with Crippen molar-refractivity contribution in [2.75, 3.05) is 0 Å². The molecule has 2 aliphatic rings. The summed E-state index contributed by atoms with van der Waals surface area (Å²) in [5, 5.41) is 0. The molecule has 1 unspecified atom stereocenters. The number of hydrogen-bond acceptors (Lipinski definition) is 2. The Morgan fingerprint density at radius 2 is 2.00 bits per heavy atom. The van der Waals surface area contributed by atoms with Crippen molar-refractivity contribution in [1.82, 2.24) is 0 Å². The van der Waals surface area contributed by atoms with E-state index in [1.54, 1.807) is 6.92 Å². The highest BCUT2D eigenvalue weighted by molar-refractivity contribution is 5.87. The molecular weight excluding hydrogens is 236 g/mol. The van der Waals surface area contributed by atoms with Crippen molar-refractivity contribution in [1.29, 1.82) is 0 Å². The smallest absolute Gasteiger partial charge is 0.333 e. The summed E-state index contributed by atoms with van der Waals surface area (Å²) in [6, 6.07) is 8.52. The average molecular weight is 256 g/mol. The molecule has 0 amide bonds. The van der Waals surface area contributed by atoms with Crippen molar-refractivity contribution in [3.8, 4) is 0 Å². The van der Waals surface area contributed by atoms with Gasteiger partial charge in [-0.2, -0.15) is 0 Å². The standard InChI is InChI=1S/C17H20O2/c1-12(2)15(18)19-16(3)11-13-7-4-5-8-14(13)17(16)9-6-10-17/h4-5,7-8H,1,6,9-11H2,2-3H3. The zero-order valence-corrected chi connectivity index (χ0v) is 11.7. The second kappa shape index (κ2) is 3.96. The minimum absolute atomic E-state index is 0.0364. The van der Waals surface area contributed by atoms with E-state index in [9.17, 15) is 4.79 Å². The normalized spacial score (nSPS) is 26.6. The zero-order chi connectivity index (χ0) is 13.7. The molecule has 2 nitrogen and oxygen atoms in total.